The van der Waals surface area contributed by atoms with Gasteiger partial charge in [0.05, 0.1) is 0 Å². The molecule has 5 rings (SSSR count). The smallest absolute Gasteiger partial charge is 0.327 e. The van der Waals surface area contributed by atoms with Gasteiger partial charge >= 0.3 is 5.97 Å². The number of aromatic hydroxyl groups is 1. The molecule has 0 aliphatic carbocycles. The largest absolute Gasteiger partial charge is 0.508 e. The number of aliphatic carboxylic acids is 1. The summed E-state index contributed by atoms with van der Waals surface area (Å²) < 4.78 is -0.220. The van der Waals surface area contributed by atoms with E-state index in [-0.39, 0.29) is 22.5 Å². The van der Waals surface area contributed by atoms with E-state index in [1.54, 1.807) is 19.9 Å². The van der Waals surface area contributed by atoms with Crippen molar-refractivity contribution < 1.29 is 29.4 Å². The number of amides is 3. The van der Waals surface area contributed by atoms with E-state index in [1.807, 2.05) is 0 Å². The number of benzene rings is 1. The van der Waals surface area contributed by atoms with Crippen LogP contribution in [0.4, 0.5) is 0 Å². The fourth-order valence-electron chi connectivity index (χ4n) is 4.65. The summed E-state index contributed by atoms with van der Waals surface area (Å²) in [5.41, 5.74) is -0.686. The third-order valence-corrected chi connectivity index (χ3v) is 8.47. The first-order chi connectivity index (χ1) is 18.4. The number of carbonyl (C=O) groups is 4. The highest BCUT2D eigenvalue weighted by Gasteiger charge is 2.64. The Morgan fingerprint density at radius 1 is 1.21 bits per heavy atom. The first kappa shape index (κ1) is 26.6. The van der Waals surface area contributed by atoms with Gasteiger partial charge in [0.1, 0.15) is 34.8 Å². The van der Waals surface area contributed by atoms with Crippen LogP contribution in [0.5, 0.6) is 5.75 Å². The second-order valence-electron chi connectivity index (χ2n) is 9.52. The molecule has 2 fully saturated rings. The minimum absolute atomic E-state index is 0.0796. The number of rotatable bonds is 6. The molecule has 2 aliphatic heterocycles. The number of nitrogens with zero attached hydrogens (tertiary/aromatic N) is 3. The van der Waals surface area contributed by atoms with Crippen molar-refractivity contribution in [2.45, 2.75) is 42.1 Å². The van der Waals surface area contributed by atoms with Crippen LogP contribution in [0.25, 0.3) is 11.2 Å². The number of thioether (sulfide) groups is 1. The molecule has 0 radical (unpaired) electrons. The molecule has 0 saturated carbocycles. The molecule has 2 saturated heterocycles. The van der Waals surface area contributed by atoms with Gasteiger partial charge < -0.3 is 30.7 Å². The maximum Gasteiger partial charge on any atom is 0.327 e. The zero-order valence-corrected chi connectivity index (χ0v) is 22.7. The van der Waals surface area contributed by atoms with E-state index in [2.05, 4.69) is 41.5 Å². The topological polar surface area (TPSA) is 195 Å². The van der Waals surface area contributed by atoms with Crippen LogP contribution in [0.15, 0.2) is 45.8 Å². The first-order valence-electron chi connectivity index (χ1n) is 11.6. The van der Waals surface area contributed by atoms with Crippen molar-refractivity contribution in [3.05, 3.63) is 62.6 Å². The summed E-state index contributed by atoms with van der Waals surface area (Å²) in [6.45, 7) is 3.42. The molecular weight excluding hydrogens is 596 g/mol. The number of carboxylic acids is 1. The molecule has 4 atom stereocenters. The number of carbonyl (C=O) groups excluding carboxylic acids is 3. The predicted octanol–water partition coefficient (Wildman–Crippen LogP) is 0.889. The van der Waals surface area contributed by atoms with Gasteiger partial charge in [-0.05, 0) is 53.5 Å². The van der Waals surface area contributed by atoms with Gasteiger partial charge in [0.15, 0.2) is 11.3 Å². The summed E-state index contributed by atoms with van der Waals surface area (Å²) in [6.07, 6.45) is 1.45. The van der Waals surface area contributed by atoms with E-state index in [1.165, 1.54) is 47.1 Å². The third kappa shape index (κ3) is 4.71. The molecule has 2 aromatic heterocycles. The number of carboxylic acid groups (broad SMARTS) is 1. The minimum Gasteiger partial charge on any atom is -0.508 e. The number of β-lactam (4-membered cyclic amide) rings is 1. The van der Waals surface area contributed by atoms with Crippen LogP contribution >= 0.6 is 27.7 Å². The predicted molar refractivity (Wildman–Crippen MR) is 142 cm³/mol. The molecule has 202 valence electrons. The van der Waals surface area contributed by atoms with Gasteiger partial charge in [-0.1, -0.05) is 12.1 Å². The van der Waals surface area contributed by atoms with E-state index in [4.69, 9.17) is 0 Å². The van der Waals surface area contributed by atoms with Gasteiger partial charge in [-0.15, -0.1) is 11.8 Å². The lowest BCUT2D eigenvalue weighted by molar-refractivity contribution is -0.161. The van der Waals surface area contributed by atoms with E-state index in [0.717, 1.165) is 0 Å². The van der Waals surface area contributed by atoms with Crippen molar-refractivity contribution in [2.75, 3.05) is 0 Å². The summed E-state index contributed by atoms with van der Waals surface area (Å²) in [6, 6.07) is 3.53. The Labute approximate surface area is 232 Å². The van der Waals surface area contributed by atoms with E-state index < -0.39 is 63.2 Å². The maximum absolute atomic E-state index is 13.4. The molecule has 0 spiro atoms. The molecule has 5 N–H and O–H groups in total. The lowest BCUT2D eigenvalue weighted by Crippen LogP contribution is -2.71. The Hall–Kier alpha value is -3.98. The fourth-order valence-corrected chi connectivity index (χ4v) is 6.60. The highest BCUT2D eigenvalue weighted by atomic mass is 79.9. The molecule has 15 heteroatoms. The first-order valence-corrected chi connectivity index (χ1v) is 13.2. The summed E-state index contributed by atoms with van der Waals surface area (Å²) in [5.74, 6) is -3.51. The summed E-state index contributed by atoms with van der Waals surface area (Å²) in [5, 5.41) is 23.8. The highest BCUT2D eigenvalue weighted by Crippen LogP contribution is 2.50. The molecule has 3 aromatic rings. The Kier molecular flexibility index (Phi) is 6.58. The van der Waals surface area contributed by atoms with Crippen molar-refractivity contribution >= 4 is 62.5 Å². The van der Waals surface area contributed by atoms with Crippen molar-refractivity contribution in [3.8, 4) is 5.75 Å². The van der Waals surface area contributed by atoms with Crippen molar-refractivity contribution in [2.24, 2.45) is 0 Å². The van der Waals surface area contributed by atoms with E-state index in [0.29, 0.717) is 4.47 Å². The number of phenolic OH excluding ortho intramolecular Hbond substituents is 1. The molecular formula is C24H21BrN6O7S. The Morgan fingerprint density at radius 3 is 2.56 bits per heavy atom. The van der Waals surface area contributed by atoms with Crippen molar-refractivity contribution in [1.29, 1.82) is 0 Å². The number of aromatic amines is 1. The number of nitrogens with one attached hydrogen (secondary N) is 3. The van der Waals surface area contributed by atoms with Crippen LogP contribution in [0.3, 0.4) is 0 Å². The van der Waals surface area contributed by atoms with Gasteiger partial charge in [-0.25, -0.2) is 14.8 Å². The number of phenols is 1. The van der Waals surface area contributed by atoms with Gasteiger partial charge in [0, 0.05) is 15.4 Å². The summed E-state index contributed by atoms with van der Waals surface area (Å²) >= 11 is 4.51. The number of hydrogen-bond donors (Lipinski definition) is 5. The zero-order valence-electron chi connectivity index (χ0n) is 20.3. The number of aromatic nitrogens is 3. The second kappa shape index (κ2) is 9.64. The van der Waals surface area contributed by atoms with Crippen LogP contribution in [-0.2, 0) is 14.4 Å². The SMILES string of the molecule is CC1(C)S[C@@H]2[C@H](NC(=O)C(NC(=O)c3nc4cc(Br)cnc4[nH]c3=O)c3ccc(O)cc3)C(=O)N2[C@H]1C(=O)O. The van der Waals surface area contributed by atoms with Crippen LogP contribution in [-0.4, -0.2) is 76.0 Å². The fraction of sp³-hybridized carbons (Fsp3) is 0.292. The molecule has 4 heterocycles. The van der Waals surface area contributed by atoms with E-state index in [9.17, 15) is 34.2 Å². The van der Waals surface area contributed by atoms with Crippen LogP contribution in [0.1, 0.15) is 35.9 Å². The van der Waals surface area contributed by atoms with Crippen molar-refractivity contribution in [3.63, 3.8) is 0 Å². The van der Waals surface area contributed by atoms with E-state index >= 15 is 0 Å². The molecule has 3 amide bonds. The molecule has 0 bridgehead atoms. The second-order valence-corrected chi connectivity index (χ2v) is 12.2. The van der Waals surface area contributed by atoms with Crippen LogP contribution in [0.2, 0.25) is 0 Å². The number of pyridine rings is 1. The van der Waals surface area contributed by atoms with Crippen LogP contribution in [0, 0.1) is 0 Å². The highest BCUT2D eigenvalue weighted by molar-refractivity contribution is 9.10. The van der Waals surface area contributed by atoms with Gasteiger partial charge in [0.25, 0.3) is 11.5 Å². The van der Waals surface area contributed by atoms with Gasteiger partial charge in [0.2, 0.25) is 11.8 Å². The normalized spacial score (nSPS) is 22.1. The Bertz CT molecular complexity index is 1590. The number of fused-ring (bicyclic) bond motifs is 2. The quantitative estimate of drug-likeness (QED) is 0.248. The standard InChI is InChI=1S/C24H21BrN6O7S/c1-24(2)16(23(37)38)31-21(36)15(22(31)39-24)29-18(33)13(9-3-5-11(32)6-4-9)28-19(34)14-20(35)30-17-12(27-14)7-10(25)8-26-17/h3-8,13,15-16,22,32H,1-2H3,(H,28,34)(H,29,33)(H,37,38)(H,26,30,35)/t13?,15-,16+,22-/m1/s1. The van der Waals surface area contributed by atoms with Gasteiger partial charge in [-0.2, -0.15) is 0 Å². The average Bonchev–Trinajstić information content (AvgIpc) is 3.13. The maximum atomic E-state index is 13.4. The van der Waals surface area contributed by atoms with Crippen LogP contribution < -0.4 is 16.2 Å². The summed E-state index contributed by atoms with van der Waals surface area (Å²) in [7, 11) is 0. The Morgan fingerprint density at radius 2 is 1.90 bits per heavy atom. The zero-order chi connectivity index (χ0) is 28.2. The average molecular weight is 617 g/mol. The number of halogens is 1. The minimum atomic E-state index is -1.38. The number of hydrogen-bond acceptors (Lipinski definition) is 9. The Balaban J connectivity index is 1.42. The third-order valence-electron chi connectivity index (χ3n) is 6.47. The summed E-state index contributed by atoms with van der Waals surface area (Å²) in [4.78, 5) is 75.7. The molecule has 39 heavy (non-hydrogen) atoms. The molecule has 1 unspecified atom stereocenters. The number of H-pyrrole nitrogens is 1. The molecule has 1 aromatic carbocycles. The lowest BCUT2D eigenvalue weighted by atomic mass is 9.95. The lowest BCUT2D eigenvalue weighted by Gasteiger charge is -2.44. The monoisotopic (exact) mass is 616 g/mol. The molecule has 2 aliphatic rings. The van der Waals surface area contributed by atoms with Gasteiger partial charge in [-0.3, -0.25) is 19.2 Å². The molecule has 13 nitrogen and oxygen atoms in total. The van der Waals surface area contributed by atoms with Crippen molar-refractivity contribution in [1.82, 2.24) is 30.5 Å².